The standard InChI is InChI=1S/C10H9N3/c11-7-8-2-1-3-9(6-8)10-12-4-5-13-10/h1-3,6H,4-5H2,(H,12,13). The highest BCUT2D eigenvalue weighted by molar-refractivity contribution is 5.99. The van der Waals surface area contributed by atoms with Crippen molar-refractivity contribution in [2.24, 2.45) is 4.99 Å². The molecule has 0 aliphatic carbocycles. The Bertz CT molecular complexity index is 387. The Hall–Kier alpha value is -1.82. The van der Waals surface area contributed by atoms with Crippen LogP contribution < -0.4 is 5.32 Å². The maximum absolute atomic E-state index is 8.69. The summed E-state index contributed by atoms with van der Waals surface area (Å²) in [7, 11) is 0. The molecule has 1 heterocycles. The van der Waals surface area contributed by atoms with E-state index >= 15 is 0 Å². The monoisotopic (exact) mass is 171 g/mol. The predicted molar refractivity (Wildman–Crippen MR) is 50.6 cm³/mol. The van der Waals surface area contributed by atoms with Gasteiger partial charge in [-0.25, -0.2) is 0 Å². The minimum Gasteiger partial charge on any atom is -0.368 e. The second kappa shape index (κ2) is 3.28. The van der Waals surface area contributed by atoms with E-state index in [4.69, 9.17) is 5.26 Å². The molecule has 0 bridgehead atoms. The van der Waals surface area contributed by atoms with Crippen molar-refractivity contribution in [3.63, 3.8) is 0 Å². The van der Waals surface area contributed by atoms with Crippen LogP contribution in [-0.2, 0) is 0 Å². The van der Waals surface area contributed by atoms with Gasteiger partial charge in [0.2, 0.25) is 0 Å². The first-order valence-corrected chi connectivity index (χ1v) is 4.19. The summed E-state index contributed by atoms with van der Waals surface area (Å²) in [4.78, 5) is 4.28. The molecule has 1 aromatic carbocycles. The Morgan fingerprint density at radius 3 is 3.08 bits per heavy atom. The fourth-order valence-corrected chi connectivity index (χ4v) is 1.33. The fraction of sp³-hybridized carbons (Fsp3) is 0.200. The highest BCUT2D eigenvalue weighted by atomic mass is 15.1. The molecule has 0 fully saturated rings. The van der Waals surface area contributed by atoms with Gasteiger partial charge >= 0.3 is 0 Å². The maximum Gasteiger partial charge on any atom is 0.128 e. The number of rotatable bonds is 1. The SMILES string of the molecule is N#Cc1cccc(C2=NCCN2)c1. The molecule has 1 N–H and O–H groups in total. The Kier molecular flexibility index (Phi) is 1.97. The van der Waals surface area contributed by atoms with E-state index < -0.39 is 0 Å². The molecule has 13 heavy (non-hydrogen) atoms. The van der Waals surface area contributed by atoms with Crippen molar-refractivity contribution in [2.45, 2.75) is 0 Å². The summed E-state index contributed by atoms with van der Waals surface area (Å²) in [6, 6.07) is 9.57. The molecule has 0 atom stereocenters. The molecule has 3 nitrogen and oxygen atoms in total. The highest BCUT2D eigenvalue weighted by Crippen LogP contribution is 2.06. The largest absolute Gasteiger partial charge is 0.368 e. The summed E-state index contributed by atoms with van der Waals surface area (Å²) in [6.45, 7) is 1.72. The van der Waals surface area contributed by atoms with Crippen LogP contribution in [0.2, 0.25) is 0 Å². The first-order valence-electron chi connectivity index (χ1n) is 4.19. The first-order chi connectivity index (χ1) is 6.40. The molecule has 0 unspecified atom stereocenters. The van der Waals surface area contributed by atoms with Gasteiger partial charge < -0.3 is 5.32 Å². The van der Waals surface area contributed by atoms with Crippen molar-refractivity contribution in [3.8, 4) is 6.07 Å². The van der Waals surface area contributed by atoms with Crippen molar-refractivity contribution in [2.75, 3.05) is 13.1 Å². The lowest BCUT2D eigenvalue weighted by Crippen LogP contribution is -2.19. The van der Waals surface area contributed by atoms with E-state index in [1.165, 1.54) is 0 Å². The molecule has 0 saturated carbocycles. The van der Waals surface area contributed by atoms with E-state index in [9.17, 15) is 0 Å². The molecule has 64 valence electrons. The Labute approximate surface area is 76.7 Å². The summed E-state index contributed by atoms with van der Waals surface area (Å²) in [5.74, 6) is 0.900. The van der Waals surface area contributed by atoms with Gasteiger partial charge in [-0.2, -0.15) is 5.26 Å². The molecule has 0 saturated heterocycles. The van der Waals surface area contributed by atoms with Gasteiger partial charge in [0.15, 0.2) is 0 Å². The van der Waals surface area contributed by atoms with Crippen LogP contribution in [0.1, 0.15) is 11.1 Å². The Morgan fingerprint density at radius 2 is 2.38 bits per heavy atom. The maximum atomic E-state index is 8.69. The quantitative estimate of drug-likeness (QED) is 0.682. The fourth-order valence-electron chi connectivity index (χ4n) is 1.33. The van der Waals surface area contributed by atoms with Gasteiger partial charge in [-0.15, -0.1) is 0 Å². The van der Waals surface area contributed by atoms with Crippen molar-refractivity contribution in [1.82, 2.24) is 5.32 Å². The number of nitrogens with zero attached hydrogens (tertiary/aromatic N) is 2. The second-order valence-electron chi connectivity index (χ2n) is 2.85. The number of nitrogens with one attached hydrogen (secondary N) is 1. The summed E-state index contributed by atoms with van der Waals surface area (Å²) in [5.41, 5.74) is 1.67. The zero-order chi connectivity index (χ0) is 9.10. The molecular formula is C10H9N3. The van der Waals surface area contributed by atoms with Crippen molar-refractivity contribution >= 4 is 5.84 Å². The van der Waals surface area contributed by atoms with Gasteiger partial charge in [0.1, 0.15) is 5.84 Å². The van der Waals surface area contributed by atoms with Crippen LogP contribution in [0.4, 0.5) is 0 Å². The minimum atomic E-state index is 0.675. The van der Waals surface area contributed by atoms with E-state index in [0.717, 1.165) is 24.5 Å². The van der Waals surface area contributed by atoms with E-state index in [1.807, 2.05) is 18.2 Å². The molecule has 3 heteroatoms. The summed E-state index contributed by atoms with van der Waals surface area (Å²) in [5, 5.41) is 11.9. The predicted octanol–water partition coefficient (Wildman–Crippen LogP) is 0.908. The van der Waals surface area contributed by atoms with Gasteiger partial charge in [0.25, 0.3) is 0 Å². The molecule has 0 spiro atoms. The van der Waals surface area contributed by atoms with E-state index in [0.29, 0.717) is 5.56 Å². The molecule has 1 aliphatic heterocycles. The van der Waals surface area contributed by atoms with Crippen LogP contribution in [0.25, 0.3) is 0 Å². The zero-order valence-corrected chi connectivity index (χ0v) is 7.12. The first kappa shape index (κ1) is 7.81. The third kappa shape index (κ3) is 1.52. The third-order valence-electron chi connectivity index (χ3n) is 1.94. The van der Waals surface area contributed by atoms with Crippen LogP contribution in [-0.4, -0.2) is 18.9 Å². The Morgan fingerprint density at radius 1 is 1.46 bits per heavy atom. The number of benzene rings is 1. The van der Waals surface area contributed by atoms with E-state index in [2.05, 4.69) is 16.4 Å². The second-order valence-corrected chi connectivity index (χ2v) is 2.85. The number of hydrogen-bond acceptors (Lipinski definition) is 3. The molecule has 1 aromatic rings. The summed E-state index contributed by atoms with van der Waals surface area (Å²) >= 11 is 0. The lowest BCUT2D eigenvalue weighted by molar-refractivity contribution is 0.960. The summed E-state index contributed by atoms with van der Waals surface area (Å²) < 4.78 is 0. The lowest BCUT2D eigenvalue weighted by atomic mass is 10.1. The topological polar surface area (TPSA) is 48.2 Å². The van der Waals surface area contributed by atoms with Gasteiger partial charge in [-0.1, -0.05) is 12.1 Å². The zero-order valence-electron chi connectivity index (χ0n) is 7.12. The minimum absolute atomic E-state index is 0.675. The van der Waals surface area contributed by atoms with E-state index in [1.54, 1.807) is 6.07 Å². The van der Waals surface area contributed by atoms with Crippen molar-refractivity contribution in [3.05, 3.63) is 35.4 Å². The third-order valence-corrected chi connectivity index (χ3v) is 1.94. The molecule has 0 radical (unpaired) electrons. The van der Waals surface area contributed by atoms with Crippen LogP contribution in [0, 0.1) is 11.3 Å². The molecule has 2 rings (SSSR count). The van der Waals surface area contributed by atoms with Gasteiger partial charge in [0, 0.05) is 12.1 Å². The van der Waals surface area contributed by atoms with Crippen molar-refractivity contribution in [1.29, 1.82) is 5.26 Å². The van der Waals surface area contributed by atoms with E-state index in [-0.39, 0.29) is 0 Å². The molecule has 0 amide bonds. The van der Waals surface area contributed by atoms with Crippen LogP contribution in [0.5, 0.6) is 0 Å². The average Bonchev–Trinajstić information content (AvgIpc) is 2.71. The van der Waals surface area contributed by atoms with Crippen LogP contribution in [0.3, 0.4) is 0 Å². The Balaban J connectivity index is 2.36. The van der Waals surface area contributed by atoms with Gasteiger partial charge in [0.05, 0.1) is 18.2 Å². The smallest absolute Gasteiger partial charge is 0.128 e. The average molecular weight is 171 g/mol. The number of aliphatic imine (C=N–C) groups is 1. The number of nitriles is 1. The molecule has 1 aliphatic rings. The van der Waals surface area contributed by atoms with Gasteiger partial charge in [-0.05, 0) is 12.1 Å². The molecule has 0 aromatic heterocycles. The van der Waals surface area contributed by atoms with Crippen LogP contribution >= 0.6 is 0 Å². The van der Waals surface area contributed by atoms with Crippen LogP contribution in [0.15, 0.2) is 29.3 Å². The number of hydrogen-bond donors (Lipinski definition) is 1. The highest BCUT2D eigenvalue weighted by Gasteiger charge is 2.07. The summed E-state index contributed by atoms with van der Waals surface area (Å²) in [6.07, 6.45) is 0. The van der Waals surface area contributed by atoms with Gasteiger partial charge in [-0.3, -0.25) is 4.99 Å². The van der Waals surface area contributed by atoms with Crippen molar-refractivity contribution < 1.29 is 0 Å². The number of amidine groups is 1. The molecular weight excluding hydrogens is 162 g/mol. The normalized spacial score (nSPS) is 14.5. The lowest BCUT2D eigenvalue weighted by Gasteiger charge is -2.01.